The van der Waals surface area contributed by atoms with Gasteiger partial charge in [0.15, 0.2) is 0 Å². The van der Waals surface area contributed by atoms with E-state index in [2.05, 4.69) is 10.0 Å². The van der Waals surface area contributed by atoms with E-state index in [1.807, 2.05) is 30.3 Å². The van der Waals surface area contributed by atoms with E-state index in [1.54, 1.807) is 58.0 Å². The molecular formula is C33H38N6O6S2. The summed E-state index contributed by atoms with van der Waals surface area (Å²) in [4.78, 5) is 30.8. The van der Waals surface area contributed by atoms with Crippen LogP contribution in [-0.4, -0.2) is 86.9 Å². The third-order valence-electron chi connectivity index (χ3n) is 8.61. The second-order valence-corrected chi connectivity index (χ2v) is 15.3. The Labute approximate surface area is 274 Å². The normalized spacial score (nSPS) is 17.9. The third kappa shape index (κ3) is 6.83. The number of piperidine rings is 1. The van der Waals surface area contributed by atoms with E-state index in [4.69, 9.17) is 0 Å². The maximum atomic E-state index is 14.5. The van der Waals surface area contributed by atoms with Crippen LogP contribution in [0.3, 0.4) is 0 Å². The van der Waals surface area contributed by atoms with Crippen molar-refractivity contribution in [3.05, 3.63) is 107 Å². The number of carbonyl (C=O) groups excluding carboxylic acids is 1. The minimum atomic E-state index is -3.87. The highest BCUT2D eigenvalue weighted by atomic mass is 32.2. The van der Waals surface area contributed by atoms with Gasteiger partial charge in [-0.25, -0.2) is 26.4 Å². The van der Waals surface area contributed by atoms with Crippen LogP contribution >= 0.6 is 0 Å². The van der Waals surface area contributed by atoms with Gasteiger partial charge in [0.05, 0.1) is 21.5 Å². The minimum absolute atomic E-state index is 0.0445. The predicted molar refractivity (Wildman–Crippen MR) is 178 cm³/mol. The second-order valence-electron chi connectivity index (χ2n) is 11.6. The molecule has 1 unspecified atom stereocenters. The Morgan fingerprint density at radius 2 is 1.40 bits per heavy atom. The molecule has 0 spiro atoms. The number of amides is 1. The van der Waals surface area contributed by atoms with E-state index in [9.17, 15) is 26.4 Å². The molecule has 1 atom stereocenters. The lowest BCUT2D eigenvalue weighted by atomic mass is 10.0. The summed E-state index contributed by atoms with van der Waals surface area (Å²) < 4.78 is 60.2. The Balaban J connectivity index is 1.43. The fourth-order valence-electron chi connectivity index (χ4n) is 6.28. The summed E-state index contributed by atoms with van der Waals surface area (Å²) in [6.07, 6.45) is 1.03. The molecule has 2 aliphatic rings. The van der Waals surface area contributed by atoms with Gasteiger partial charge >= 0.3 is 5.69 Å². The molecule has 0 aliphatic carbocycles. The molecule has 2 N–H and O–H groups in total. The molecule has 0 radical (unpaired) electrons. The molecule has 3 heterocycles. The zero-order valence-corrected chi connectivity index (χ0v) is 27.5. The number of rotatable bonds is 10. The van der Waals surface area contributed by atoms with E-state index in [1.165, 1.54) is 21.0 Å². The molecule has 2 saturated heterocycles. The first-order valence-corrected chi connectivity index (χ1v) is 18.6. The van der Waals surface area contributed by atoms with Crippen LogP contribution in [0.25, 0.3) is 11.3 Å². The van der Waals surface area contributed by atoms with Crippen molar-refractivity contribution in [3.63, 3.8) is 0 Å². The lowest BCUT2D eigenvalue weighted by Crippen LogP contribution is -2.47. The summed E-state index contributed by atoms with van der Waals surface area (Å²) in [7, 11) is -7.71. The fourth-order valence-corrected chi connectivity index (χ4v) is 8.86. The Morgan fingerprint density at radius 1 is 0.809 bits per heavy atom. The zero-order valence-electron chi connectivity index (χ0n) is 25.9. The van der Waals surface area contributed by atoms with Gasteiger partial charge in [-0.2, -0.15) is 4.31 Å². The SMILES string of the molecule is O=C(c1c(-c2ccccc2)n(C2CCCN(S(=O)(=O)c3ccccc3)C2)c(=O)n1CCNS(=O)(=O)c1ccccc1)N1CCNCC1. The van der Waals surface area contributed by atoms with Crippen molar-refractivity contribution in [2.75, 3.05) is 45.8 Å². The van der Waals surface area contributed by atoms with Crippen LogP contribution in [0.2, 0.25) is 0 Å². The van der Waals surface area contributed by atoms with Crippen LogP contribution < -0.4 is 15.7 Å². The first-order valence-electron chi connectivity index (χ1n) is 15.7. The van der Waals surface area contributed by atoms with E-state index in [0.29, 0.717) is 56.8 Å². The summed E-state index contributed by atoms with van der Waals surface area (Å²) in [6.45, 7) is 2.19. The van der Waals surface area contributed by atoms with Gasteiger partial charge in [-0.15, -0.1) is 0 Å². The van der Waals surface area contributed by atoms with Gasteiger partial charge in [-0.3, -0.25) is 13.9 Å². The molecule has 0 bridgehead atoms. The molecule has 0 saturated carbocycles. The first kappa shape index (κ1) is 32.8. The van der Waals surface area contributed by atoms with Gasteiger partial charge in [-0.05, 0) is 37.1 Å². The number of carbonyl (C=O) groups is 1. The van der Waals surface area contributed by atoms with Crippen LogP contribution in [0, 0.1) is 0 Å². The molecule has 248 valence electrons. The van der Waals surface area contributed by atoms with Crippen LogP contribution in [0.1, 0.15) is 29.4 Å². The van der Waals surface area contributed by atoms with E-state index >= 15 is 0 Å². The molecule has 6 rings (SSSR count). The highest BCUT2D eigenvalue weighted by Crippen LogP contribution is 2.33. The Kier molecular flexibility index (Phi) is 9.75. The monoisotopic (exact) mass is 678 g/mol. The number of aromatic nitrogens is 2. The number of hydrogen-bond donors (Lipinski definition) is 2. The summed E-state index contributed by atoms with van der Waals surface area (Å²) >= 11 is 0. The molecule has 14 heteroatoms. The number of sulfonamides is 2. The Morgan fingerprint density at radius 3 is 2.04 bits per heavy atom. The van der Waals surface area contributed by atoms with E-state index in [-0.39, 0.29) is 41.0 Å². The quantitative estimate of drug-likeness (QED) is 0.262. The molecule has 1 aromatic heterocycles. The van der Waals surface area contributed by atoms with Gasteiger partial charge in [0.1, 0.15) is 5.69 Å². The maximum Gasteiger partial charge on any atom is 0.329 e. The molecule has 2 fully saturated rings. The average Bonchev–Trinajstić information content (AvgIpc) is 3.40. The van der Waals surface area contributed by atoms with E-state index in [0.717, 1.165) is 0 Å². The van der Waals surface area contributed by atoms with Crippen molar-refractivity contribution >= 4 is 26.0 Å². The number of imidazole rings is 1. The Bertz CT molecular complexity index is 1980. The number of nitrogens with zero attached hydrogens (tertiary/aromatic N) is 4. The average molecular weight is 679 g/mol. The second kappa shape index (κ2) is 14.0. The summed E-state index contributed by atoms with van der Waals surface area (Å²) in [6, 6.07) is 24.7. The Hall–Kier alpha value is -4.08. The van der Waals surface area contributed by atoms with Crippen molar-refractivity contribution in [2.45, 2.75) is 35.2 Å². The molecule has 2 aliphatic heterocycles. The van der Waals surface area contributed by atoms with Crippen LogP contribution in [0.5, 0.6) is 0 Å². The molecular weight excluding hydrogens is 641 g/mol. The lowest BCUT2D eigenvalue weighted by molar-refractivity contribution is 0.0725. The largest absolute Gasteiger partial charge is 0.335 e. The van der Waals surface area contributed by atoms with Crippen molar-refractivity contribution in [3.8, 4) is 11.3 Å². The number of nitrogens with one attached hydrogen (secondary N) is 2. The van der Waals surface area contributed by atoms with Gasteiger partial charge < -0.3 is 10.2 Å². The van der Waals surface area contributed by atoms with Gasteiger partial charge in [0, 0.05) is 57.9 Å². The molecule has 3 aromatic carbocycles. The smallest absolute Gasteiger partial charge is 0.329 e. The molecule has 12 nitrogen and oxygen atoms in total. The number of hydrogen-bond acceptors (Lipinski definition) is 7. The summed E-state index contributed by atoms with van der Waals surface area (Å²) in [5, 5.41) is 3.24. The number of piperazine rings is 1. The zero-order chi connectivity index (χ0) is 33.0. The lowest BCUT2D eigenvalue weighted by Gasteiger charge is -2.33. The van der Waals surface area contributed by atoms with Gasteiger partial charge in [-0.1, -0.05) is 66.7 Å². The van der Waals surface area contributed by atoms with Crippen LogP contribution in [-0.2, 0) is 26.6 Å². The number of benzene rings is 3. The van der Waals surface area contributed by atoms with Gasteiger partial charge in [0.2, 0.25) is 20.0 Å². The van der Waals surface area contributed by atoms with Crippen molar-refractivity contribution in [1.82, 2.24) is 28.4 Å². The van der Waals surface area contributed by atoms with Crippen LogP contribution in [0.4, 0.5) is 0 Å². The van der Waals surface area contributed by atoms with Crippen LogP contribution in [0.15, 0.2) is 106 Å². The highest BCUT2D eigenvalue weighted by molar-refractivity contribution is 7.89. The van der Waals surface area contributed by atoms with Crippen molar-refractivity contribution in [1.29, 1.82) is 0 Å². The highest BCUT2D eigenvalue weighted by Gasteiger charge is 2.37. The third-order valence-corrected chi connectivity index (χ3v) is 12.0. The maximum absolute atomic E-state index is 14.5. The fraction of sp³-hybridized carbons (Fsp3) is 0.333. The van der Waals surface area contributed by atoms with Crippen molar-refractivity contribution in [2.24, 2.45) is 0 Å². The van der Waals surface area contributed by atoms with Crippen molar-refractivity contribution < 1.29 is 21.6 Å². The van der Waals surface area contributed by atoms with E-state index < -0.39 is 31.8 Å². The first-order chi connectivity index (χ1) is 22.7. The molecule has 1 amide bonds. The molecule has 4 aromatic rings. The topological polar surface area (TPSA) is 143 Å². The standard InChI is InChI=1S/C33H38N6O6S2/c40-32(36-22-18-34-19-23-36)31-30(26-11-4-1-5-12-26)39(27-13-10-21-37(25-27)47(44,45)29-16-8-3-9-17-29)33(41)38(31)24-20-35-46(42,43)28-14-6-2-7-15-28/h1-9,11-12,14-17,27,34-35H,10,13,18-25H2. The minimum Gasteiger partial charge on any atom is -0.335 e. The van der Waals surface area contributed by atoms with Gasteiger partial charge in [0.25, 0.3) is 5.91 Å². The molecule has 47 heavy (non-hydrogen) atoms. The predicted octanol–water partition coefficient (Wildman–Crippen LogP) is 2.37. The summed E-state index contributed by atoms with van der Waals surface area (Å²) in [5.41, 5.74) is 0.694. The summed E-state index contributed by atoms with van der Waals surface area (Å²) in [5.74, 6) is -0.336.